The highest BCUT2D eigenvalue weighted by molar-refractivity contribution is 6.16. The van der Waals surface area contributed by atoms with Gasteiger partial charge in [-0.15, -0.1) is 0 Å². The summed E-state index contributed by atoms with van der Waals surface area (Å²) in [6.45, 7) is 1.17. The number of carboxylic acids is 1. The van der Waals surface area contributed by atoms with Crippen LogP contribution in [0.1, 0.15) is 28.9 Å². The Morgan fingerprint density at radius 3 is 2.42 bits per heavy atom. The number of aromatic carboxylic acids is 1. The quantitative estimate of drug-likeness (QED) is 0.879. The zero-order valence-corrected chi connectivity index (χ0v) is 13.6. The van der Waals surface area contributed by atoms with Crippen molar-refractivity contribution < 1.29 is 29.0 Å². The molecule has 6 nitrogen and oxygen atoms in total. The van der Waals surface area contributed by atoms with Gasteiger partial charge in [0.25, 0.3) is 5.91 Å². The topological polar surface area (TPSA) is 94.9 Å². The maximum Gasteiger partial charge on any atom is 0.335 e. The van der Waals surface area contributed by atoms with Crippen LogP contribution in [0.2, 0.25) is 0 Å². The van der Waals surface area contributed by atoms with Crippen LogP contribution in [0.25, 0.3) is 0 Å². The molecule has 0 fully saturated rings. The molecule has 7 heteroatoms. The van der Waals surface area contributed by atoms with Gasteiger partial charge in [0.15, 0.2) is 11.5 Å². The molecule has 132 valence electrons. The van der Waals surface area contributed by atoms with Crippen molar-refractivity contribution in [2.75, 3.05) is 4.90 Å². The van der Waals surface area contributed by atoms with Crippen molar-refractivity contribution in [2.24, 2.45) is 0 Å². The molecular weight excluding hydrogens is 341 g/mol. The van der Waals surface area contributed by atoms with Crippen molar-refractivity contribution in [1.29, 1.82) is 0 Å². The molecule has 0 aromatic heterocycles. The van der Waals surface area contributed by atoms with Gasteiger partial charge in [-0.3, -0.25) is 14.5 Å². The molecule has 26 heavy (non-hydrogen) atoms. The van der Waals surface area contributed by atoms with E-state index in [2.05, 4.69) is 0 Å². The second-order valence-corrected chi connectivity index (χ2v) is 5.77. The first-order valence-corrected chi connectivity index (χ1v) is 7.68. The van der Waals surface area contributed by atoms with Crippen molar-refractivity contribution in [3.05, 3.63) is 76.8 Å². The summed E-state index contributed by atoms with van der Waals surface area (Å²) in [6, 6.07) is 9.84. The van der Waals surface area contributed by atoms with Gasteiger partial charge in [-0.2, -0.15) is 0 Å². The van der Waals surface area contributed by atoms with Gasteiger partial charge in [0.2, 0.25) is 0 Å². The Labute approximate surface area is 147 Å². The van der Waals surface area contributed by atoms with E-state index in [0.717, 1.165) is 4.90 Å². The number of amides is 1. The van der Waals surface area contributed by atoms with Crippen molar-refractivity contribution in [2.45, 2.75) is 13.0 Å². The number of benzene rings is 2. The number of carboxylic acid groups (broad SMARTS) is 1. The highest BCUT2D eigenvalue weighted by Crippen LogP contribution is 2.41. The van der Waals surface area contributed by atoms with Crippen LogP contribution in [-0.4, -0.2) is 27.9 Å². The van der Waals surface area contributed by atoms with Gasteiger partial charge in [0.1, 0.15) is 5.82 Å². The van der Waals surface area contributed by atoms with Crippen molar-refractivity contribution in [3.63, 3.8) is 0 Å². The number of ketones is 1. The Kier molecular flexibility index (Phi) is 4.29. The molecule has 0 aliphatic carbocycles. The number of aliphatic hydroxyl groups is 1. The van der Waals surface area contributed by atoms with Crippen molar-refractivity contribution in [3.8, 4) is 0 Å². The predicted octanol–water partition coefficient (Wildman–Crippen LogP) is 3.01. The fraction of sp³-hybridized carbons (Fsp3) is 0.105. The number of aliphatic hydroxyl groups excluding tert-OH is 1. The number of hydrogen-bond acceptors (Lipinski definition) is 4. The molecule has 1 aliphatic heterocycles. The van der Waals surface area contributed by atoms with Crippen LogP contribution in [0, 0.1) is 5.82 Å². The second-order valence-electron chi connectivity index (χ2n) is 5.77. The van der Waals surface area contributed by atoms with E-state index in [-0.39, 0.29) is 22.4 Å². The highest BCUT2D eigenvalue weighted by atomic mass is 19.1. The lowest BCUT2D eigenvalue weighted by atomic mass is 9.96. The monoisotopic (exact) mass is 355 g/mol. The van der Waals surface area contributed by atoms with Gasteiger partial charge in [-0.1, -0.05) is 24.3 Å². The van der Waals surface area contributed by atoms with Crippen LogP contribution in [0.15, 0.2) is 59.9 Å². The lowest BCUT2D eigenvalue weighted by Gasteiger charge is -2.27. The molecule has 2 aromatic rings. The van der Waals surface area contributed by atoms with E-state index < -0.39 is 35.3 Å². The summed E-state index contributed by atoms with van der Waals surface area (Å²) < 4.78 is 14.4. The Bertz CT molecular complexity index is 966. The number of hydrogen-bond donors (Lipinski definition) is 2. The smallest absolute Gasteiger partial charge is 0.335 e. The van der Waals surface area contributed by atoms with E-state index >= 15 is 0 Å². The number of anilines is 1. The van der Waals surface area contributed by atoms with Gasteiger partial charge >= 0.3 is 5.97 Å². The van der Waals surface area contributed by atoms with Crippen LogP contribution in [0.4, 0.5) is 10.1 Å². The lowest BCUT2D eigenvalue weighted by molar-refractivity contribution is -0.117. The maximum absolute atomic E-state index is 14.4. The van der Waals surface area contributed by atoms with E-state index in [4.69, 9.17) is 5.11 Å². The molecule has 0 saturated heterocycles. The standard InChI is InChI=1S/C19H14FNO5/c1-10(22)15-16(13-7-2-3-8-14(13)20)21(18(24)17(15)23)12-6-4-5-11(9-12)19(25)26/h2-9,16,23H,1H3,(H,25,26)/t16-/m0/s1. The summed E-state index contributed by atoms with van der Waals surface area (Å²) in [5.74, 6) is -4.11. The van der Waals surface area contributed by atoms with Crippen LogP contribution in [0.5, 0.6) is 0 Å². The Morgan fingerprint density at radius 1 is 1.12 bits per heavy atom. The number of nitrogens with zero attached hydrogens (tertiary/aromatic N) is 1. The Morgan fingerprint density at radius 2 is 1.81 bits per heavy atom. The third kappa shape index (κ3) is 2.73. The number of carbonyl (C=O) groups is 3. The summed E-state index contributed by atoms with van der Waals surface area (Å²) in [7, 11) is 0. The molecule has 3 rings (SSSR count). The summed E-state index contributed by atoms with van der Waals surface area (Å²) >= 11 is 0. The summed E-state index contributed by atoms with van der Waals surface area (Å²) in [5.41, 5.74) is -0.166. The van der Waals surface area contributed by atoms with Gasteiger partial charge in [0.05, 0.1) is 17.2 Å². The number of Topliss-reactive ketones (excluding diaryl/α,β-unsaturated/α-hetero) is 1. The van der Waals surface area contributed by atoms with E-state index in [0.29, 0.717) is 0 Å². The van der Waals surface area contributed by atoms with Crippen LogP contribution < -0.4 is 4.90 Å². The van der Waals surface area contributed by atoms with Crippen molar-refractivity contribution >= 4 is 23.3 Å². The molecule has 1 amide bonds. The van der Waals surface area contributed by atoms with E-state index in [1.165, 1.54) is 49.4 Å². The first kappa shape index (κ1) is 17.3. The largest absolute Gasteiger partial charge is 0.503 e. The number of halogens is 1. The molecule has 0 radical (unpaired) electrons. The zero-order chi connectivity index (χ0) is 19.0. The molecule has 0 spiro atoms. The molecule has 1 atom stereocenters. The fourth-order valence-electron chi connectivity index (χ4n) is 3.01. The molecule has 0 unspecified atom stereocenters. The van der Waals surface area contributed by atoms with E-state index in [9.17, 15) is 23.9 Å². The minimum atomic E-state index is -1.20. The SMILES string of the molecule is CC(=O)C1=C(O)C(=O)N(c2cccc(C(=O)O)c2)[C@H]1c1ccccc1F. The second kappa shape index (κ2) is 6.44. The number of carbonyl (C=O) groups excluding carboxylic acids is 2. The fourth-order valence-corrected chi connectivity index (χ4v) is 3.01. The normalized spacial score (nSPS) is 16.9. The van der Waals surface area contributed by atoms with Crippen LogP contribution in [0.3, 0.4) is 0 Å². The van der Waals surface area contributed by atoms with Crippen LogP contribution >= 0.6 is 0 Å². The predicted molar refractivity (Wildman–Crippen MR) is 90.4 cm³/mol. The lowest BCUT2D eigenvalue weighted by Crippen LogP contribution is -2.31. The van der Waals surface area contributed by atoms with Gasteiger partial charge < -0.3 is 10.2 Å². The third-order valence-electron chi connectivity index (χ3n) is 4.16. The molecule has 1 heterocycles. The minimum absolute atomic E-state index is 0.0239. The molecular formula is C19H14FNO5. The summed E-state index contributed by atoms with van der Waals surface area (Å²) in [4.78, 5) is 36.9. The maximum atomic E-state index is 14.4. The highest BCUT2D eigenvalue weighted by Gasteiger charge is 2.44. The Hall–Kier alpha value is -3.48. The molecule has 0 bridgehead atoms. The molecule has 2 aromatic carbocycles. The van der Waals surface area contributed by atoms with Gasteiger partial charge in [0, 0.05) is 11.3 Å². The first-order chi connectivity index (χ1) is 12.3. The van der Waals surface area contributed by atoms with Crippen LogP contribution in [-0.2, 0) is 9.59 Å². The van der Waals surface area contributed by atoms with E-state index in [1.54, 1.807) is 6.07 Å². The molecule has 0 saturated carbocycles. The zero-order valence-electron chi connectivity index (χ0n) is 13.6. The van der Waals surface area contributed by atoms with E-state index in [1.807, 2.05) is 0 Å². The molecule has 2 N–H and O–H groups in total. The van der Waals surface area contributed by atoms with Gasteiger partial charge in [-0.05, 0) is 31.2 Å². The average molecular weight is 355 g/mol. The molecule has 1 aliphatic rings. The number of rotatable bonds is 4. The summed E-state index contributed by atoms with van der Waals surface area (Å²) in [6.07, 6.45) is 0. The minimum Gasteiger partial charge on any atom is -0.503 e. The van der Waals surface area contributed by atoms with Crippen molar-refractivity contribution in [1.82, 2.24) is 0 Å². The third-order valence-corrected chi connectivity index (χ3v) is 4.16. The Balaban J connectivity index is 2.22. The average Bonchev–Trinajstić information content (AvgIpc) is 2.87. The first-order valence-electron chi connectivity index (χ1n) is 7.68. The summed E-state index contributed by atoms with van der Waals surface area (Å²) in [5, 5.41) is 19.3. The van der Waals surface area contributed by atoms with Gasteiger partial charge in [-0.25, -0.2) is 9.18 Å².